The number of anilines is 1. The first-order chi connectivity index (χ1) is 13.1. The van der Waals surface area contributed by atoms with Crippen LogP contribution in [0.2, 0.25) is 0 Å². The molecule has 1 saturated carbocycles. The number of rotatable bonds is 2. The topological polar surface area (TPSA) is 82.2 Å². The number of nitrogens with one attached hydrogen (secondary N) is 1. The van der Waals surface area contributed by atoms with E-state index >= 15 is 0 Å². The number of piperazine rings is 1. The molecule has 0 aromatic carbocycles. The van der Waals surface area contributed by atoms with Crippen LogP contribution in [0.1, 0.15) is 59.5 Å². The molecule has 2 aromatic rings. The molecule has 2 aromatic heterocycles. The number of hydrogen-bond donors (Lipinski definition) is 1. The summed E-state index contributed by atoms with van der Waals surface area (Å²) in [6.45, 7) is 2.07. The lowest BCUT2D eigenvalue weighted by Crippen LogP contribution is -2.64. The molecular weight excluding hydrogens is 362 g/mol. The van der Waals surface area contributed by atoms with Gasteiger partial charge >= 0.3 is 0 Å². The summed E-state index contributed by atoms with van der Waals surface area (Å²) in [6.07, 6.45) is 6.96. The van der Waals surface area contributed by atoms with Gasteiger partial charge in [0.25, 0.3) is 5.91 Å². The van der Waals surface area contributed by atoms with E-state index < -0.39 is 0 Å². The molecule has 1 aliphatic heterocycles. The summed E-state index contributed by atoms with van der Waals surface area (Å²) in [7, 11) is 0. The Morgan fingerprint density at radius 1 is 1.22 bits per heavy atom. The quantitative estimate of drug-likeness (QED) is 0.861. The molecule has 1 saturated heterocycles. The van der Waals surface area contributed by atoms with Crippen LogP contribution in [0.3, 0.4) is 0 Å². The smallest absolute Gasteiger partial charge is 0.275 e. The number of nitrogens with zero attached hydrogens (tertiary/aromatic N) is 4. The van der Waals surface area contributed by atoms with Crippen molar-refractivity contribution in [1.29, 1.82) is 0 Å². The number of fused-ring (bicyclic) bond motifs is 2. The van der Waals surface area contributed by atoms with Gasteiger partial charge in [0.05, 0.1) is 17.8 Å². The molecule has 0 radical (unpaired) electrons. The fourth-order valence-corrected chi connectivity index (χ4v) is 5.72. The standard InChI is InChI=1S/C19H23N5O2S/c1-11-9-17(27-22-11)24-15-8-3-2-7-14(15)23(10-16(24)25)19(26)18-12-5-4-6-13(12)20-21-18/h9,14-15H,2-8,10H2,1H3,(H,20,21)/t14-,15-/m0/s1. The minimum Gasteiger partial charge on any atom is -0.323 e. The highest BCUT2D eigenvalue weighted by atomic mass is 32.1. The second kappa shape index (κ2) is 6.44. The molecule has 2 aliphatic carbocycles. The van der Waals surface area contributed by atoms with Crippen LogP contribution in [0, 0.1) is 6.92 Å². The van der Waals surface area contributed by atoms with Gasteiger partial charge in [0, 0.05) is 11.3 Å². The Morgan fingerprint density at radius 2 is 2.04 bits per heavy atom. The summed E-state index contributed by atoms with van der Waals surface area (Å²) in [4.78, 5) is 30.1. The van der Waals surface area contributed by atoms with Crippen LogP contribution in [-0.2, 0) is 17.6 Å². The highest BCUT2D eigenvalue weighted by molar-refractivity contribution is 7.10. The second-order valence-corrected chi connectivity index (χ2v) is 8.59. The summed E-state index contributed by atoms with van der Waals surface area (Å²) in [5.74, 6) is -0.0953. The Balaban J connectivity index is 1.48. The van der Waals surface area contributed by atoms with Gasteiger partial charge in [-0.25, -0.2) is 0 Å². The third-order valence-electron chi connectivity index (χ3n) is 6.12. The molecule has 1 N–H and O–H groups in total. The van der Waals surface area contributed by atoms with E-state index in [1.807, 2.05) is 17.9 Å². The average molecular weight is 385 g/mol. The highest BCUT2D eigenvalue weighted by Crippen LogP contribution is 2.37. The van der Waals surface area contributed by atoms with E-state index in [9.17, 15) is 9.59 Å². The molecule has 27 heavy (non-hydrogen) atoms. The first kappa shape index (κ1) is 16.9. The molecule has 0 bridgehead atoms. The van der Waals surface area contributed by atoms with Gasteiger partial charge in [-0.3, -0.25) is 19.6 Å². The number of aryl methyl sites for hydroxylation is 2. The Hall–Kier alpha value is -2.22. The maximum Gasteiger partial charge on any atom is 0.275 e. The van der Waals surface area contributed by atoms with Crippen LogP contribution in [0.4, 0.5) is 5.00 Å². The van der Waals surface area contributed by atoms with E-state index in [-0.39, 0.29) is 30.4 Å². The molecule has 142 valence electrons. The Bertz CT molecular complexity index is 904. The van der Waals surface area contributed by atoms with Crippen LogP contribution in [0.25, 0.3) is 0 Å². The van der Waals surface area contributed by atoms with Gasteiger partial charge in [0.1, 0.15) is 11.5 Å². The third kappa shape index (κ3) is 2.69. The summed E-state index contributed by atoms with van der Waals surface area (Å²) >= 11 is 1.37. The van der Waals surface area contributed by atoms with Crippen molar-refractivity contribution < 1.29 is 9.59 Å². The number of hydrogen-bond acceptors (Lipinski definition) is 5. The summed E-state index contributed by atoms with van der Waals surface area (Å²) in [5.41, 5.74) is 3.60. The van der Waals surface area contributed by atoms with Crippen molar-refractivity contribution in [3.63, 3.8) is 0 Å². The number of aromatic nitrogens is 3. The minimum atomic E-state index is -0.0835. The zero-order valence-electron chi connectivity index (χ0n) is 15.4. The lowest BCUT2D eigenvalue weighted by atomic mass is 9.86. The SMILES string of the molecule is Cc1cc(N2C(=O)CN(C(=O)c3n[nH]c4c3CCC4)[C@H]3CCCC[C@@H]32)sn1. The largest absolute Gasteiger partial charge is 0.323 e. The lowest BCUT2D eigenvalue weighted by molar-refractivity contribution is -0.123. The van der Waals surface area contributed by atoms with Crippen LogP contribution in [0.5, 0.6) is 0 Å². The maximum atomic E-state index is 13.3. The average Bonchev–Trinajstić information content (AvgIpc) is 3.37. The first-order valence-electron chi connectivity index (χ1n) is 9.76. The van der Waals surface area contributed by atoms with Crippen LogP contribution < -0.4 is 4.90 Å². The Kier molecular flexibility index (Phi) is 4.03. The number of carbonyl (C=O) groups excluding carboxylic acids is 2. The highest BCUT2D eigenvalue weighted by Gasteiger charge is 2.45. The molecule has 8 heteroatoms. The zero-order valence-corrected chi connectivity index (χ0v) is 16.2. The van der Waals surface area contributed by atoms with Crippen molar-refractivity contribution in [1.82, 2.24) is 19.5 Å². The van der Waals surface area contributed by atoms with Crippen molar-refractivity contribution >= 4 is 28.3 Å². The molecule has 0 unspecified atom stereocenters. The lowest BCUT2D eigenvalue weighted by Gasteiger charge is -2.48. The molecule has 5 rings (SSSR count). The van der Waals surface area contributed by atoms with Crippen LogP contribution in [-0.4, -0.2) is 49.9 Å². The fourth-order valence-electron chi connectivity index (χ4n) is 4.89. The molecule has 2 fully saturated rings. The van der Waals surface area contributed by atoms with E-state index in [0.717, 1.165) is 66.9 Å². The monoisotopic (exact) mass is 385 g/mol. The predicted octanol–water partition coefficient (Wildman–Crippen LogP) is 2.46. The number of H-pyrrole nitrogens is 1. The van der Waals surface area contributed by atoms with Crippen LogP contribution in [0.15, 0.2) is 6.07 Å². The van der Waals surface area contributed by atoms with E-state index in [4.69, 9.17) is 0 Å². The molecule has 2 atom stereocenters. The van der Waals surface area contributed by atoms with Gasteiger partial charge in [-0.1, -0.05) is 12.8 Å². The first-order valence-corrected chi connectivity index (χ1v) is 10.5. The van der Waals surface area contributed by atoms with Crippen molar-refractivity contribution in [2.24, 2.45) is 0 Å². The third-order valence-corrected chi connectivity index (χ3v) is 7.00. The molecule has 7 nitrogen and oxygen atoms in total. The van der Waals surface area contributed by atoms with Crippen LogP contribution >= 0.6 is 11.5 Å². The van der Waals surface area contributed by atoms with Gasteiger partial charge in [0.2, 0.25) is 5.91 Å². The minimum absolute atomic E-state index is 0.0117. The Morgan fingerprint density at radius 3 is 2.81 bits per heavy atom. The van der Waals surface area contributed by atoms with Gasteiger partial charge in [-0.15, -0.1) is 0 Å². The van der Waals surface area contributed by atoms with Crippen molar-refractivity contribution in [2.45, 2.75) is 64.0 Å². The molecular formula is C19H23N5O2S. The number of amides is 2. The fraction of sp³-hybridized carbons (Fsp3) is 0.579. The van der Waals surface area contributed by atoms with Crippen molar-refractivity contribution in [2.75, 3.05) is 11.4 Å². The van der Waals surface area contributed by atoms with Gasteiger partial charge in [-0.2, -0.15) is 9.47 Å². The van der Waals surface area contributed by atoms with E-state index in [1.54, 1.807) is 4.90 Å². The molecule has 2 amide bonds. The normalized spacial score (nSPS) is 24.9. The number of carbonyl (C=O) groups is 2. The second-order valence-electron chi connectivity index (χ2n) is 7.81. The van der Waals surface area contributed by atoms with Crippen molar-refractivity contribution in [3.05, 3.63) is 28.7 Å². The zero-order chi connectivity index (χ0) is 18.5. The predicted molar refractivity (Wildman–Crippen MR) is 102 cm³/mol. The van der Waals surface area contributed by atoms with Gasteiger partial charge < -0.3 is 4.90 Å². The summed E-state index contributed by atoms with van der Waals surface area (Å²) in [6, 6.07) is 2.07. The van der Waals surface area contributed by atoms with E-state index in [1.165, 1.54) is 11.5 Å². The van der Waals surface area contributed by atoms with Crippen molar-refractivity contribution in [3.8, 4) is 0 Å². The van der Waals surface area contributed by atoms with Gasteiger partial charge in [0.15, 0.2) is 5.69 Å². The maximum absolute atomic E-state index is 13.3. The molecule has 0 spiro atoms. The van der Waals surface area contributed by atoms with E-state index in [2.05, 4.69) is 14.6 Å². The summed E-state index contributed by atoms with van der Waals surface area (Å²) < 4.78 is 4.35. The van der Waals surface area contributed by atoms with Gasteiger partial charge in [-0.05, 0) is 56.6 Å². The number of aromatic amines is 1. The summed E-state index contributed by atoms with van der Waals surface area (Å²) in [5, 5.41) is 8.24. The Labute approximate surface area is 161 Å². The van der Waals surface area contributed by atoms with E-state index in [0.29, 0.717) is 5.69 Å². The molecule has 3 heterocycles. The molecule has 3 aliphatic rings.